The normalized spacial score (nSPS) is 12.3. The van der Waals surface area contributed by atoms with E-state index in [2.05, 4.69) is 39.1 Å². The van der Waals surface area contributed by atoms with E-state index in [4.69, 9.17) is 9.47 Å². The van der Waals surface area contributed by atoms with Gasteiger partial charge in [0, 0.05) is 0 Å². The van der Waals surface area contributed by atoms with Crippen molar-refractivity contribution in [3.63, 3.8) is 0 Å². The van der Waals surface area contributed by atoms with Gasteiger partial charge in [0.05, 0.1) is 6.54 Å². The Hall–Kier alpha value is -2.49. The maximum atomic E-state index is 12.3. The topological polar surface area (TPSA) is 47.6 Å². The molecule has 0 heterocycles. The highest BCUT2D eigenvalue weighted by molar-refractivity contribution is 5.80. The number of para-hydroxylation sites is 2. The summed E-state index contributed by atoms with van der Waals surface area (Å²) in [6.07, 6.45) is 0.311. The highest BCUT2D eigenvalue weighted by Crippen LogP contribution is 2.30. The number of aryl methyl sites for hydroxylation is 1. The van der Waals surface area contributed by atoms with Gasteiger partial charge in [-0.25, -0.2) is 0 Å². The number of carbonyl (C=O) groups excluding carboxylic acids is 1. The van der Waals surface area contributed by atoms with Crippen LogP contribution in [0.15, 0.2) is 48.5 Å². The lowest BCUT2D eigenvalue weighted by molar-refractivity contribution is -0.127. The third-order valence-corrected chi connectivity index (χ3v) is 4.38. The summed E-state index contributed by atoms with van der Waals surface area (Å²) in [4.78, 5) is 12.3. The van der Waals surface area contributed by atoms with Crippen LogP contribution < -0.4 is 14.8 Å². The fraction of sp³-hybridized carbons (Fsp3) is 0.435. The lowest BCUT2D eigenvalue weighted by Gasteiger charge is -2.23. The van der Waals surface area contributed by atoms with Crippen molar-refractivity contribution in [2.75, 3.05) is 13.2 Å². The van der Waals surface area contributed by atoms with E-state index in [0.29, 0.717) is 13.2 Å². The number of amides is 1. The van der Waals surface area contributed by atoms with Crippen LogP contribution in [0.3, 0.4) is 0 Å². The fourth-order valence-electron chi connectivity index (χ4n) is 2.85. The van der Waals surface area contributed by atoms with Crippen LogP contribution in [0, 0.1) is 0 Å². The monoisotopic (exact) mass is 369 g/mol. The average molecular weight is 370 g/mol. The molecule has 0 saturated carbocycles. The van der Waals surface area contributed by atoms with Gasteiger partial charge < -0.3 is 14.8 Å². The number of carbonyl (C=O) groups is 1. The summed E-state index contributed by atoms with van der Waals surface area (Å²) in [6, 6.07) is 15.8. The minimum atomic E-state index is -0.556. The van der Waals surface area contributed by atoms with E-state index in [1.807, 2.05) is 42.5 Å². The van der Waals surface area contributed by atoms with Crippen LogP contribution in [0.4, 0.5) is 0 Å². The zero-order valence-electron chi connectivity index (χ0n) is 17.0. The first-order chi connectivity index (χ1) is 12.8. The lowest BCUT2D eigenvalue weighted by atomic mass is 9.86. The first-order valence-electron chi connectivity index (χ1n) is 9.57. The number of benzene rings is 2. The highest BCUT2D eigenvalue weighted by atomic mass is 16.5. The zero-order chi connectivity index (χ0) is 19.9. The second-order valence-electron chi connectivity index (χ2n) is 7.61. The van der Waals surface area contributed by atoms with Gasteiger partial charge in [0.25, 0.3) is 5.91 Å². The van der Waals surface area contributed by atoms with Gasteiger partial charge in [0.15, 0.2) is 6.10 Å². The molecule has 146 valence electrons. The summed E-state index contributed by atoms with van der Waals surface area (Å²) >= 11 is 0. The molecule has 4 heteroatoms. The van der Waals surface area contributed by atoms with Crippen molar-refractivity contribution < 1.29 is 14.3 Å². The van der Waals surface area contributed by atoms with Crippen LogP contribution in [-0.2, 0) is 16.6 Å². The third-order valence-electron chi connectivity index (χ3n) is 4.38. The van der Waals surface area contributed by atoms with Gasteiger partial charge in [-0.2, -0.15) is 0 Å². The molecule has 1 unspecified atom stereocenters. The molecule has 2 rings (SSSR count). The van der Waals surface area contributed by atoms with Crippen molar-refractivity contribution in [3.8, 4) is 11.5 Å². The lowest BCUT2D eigenvalue weighted by Crippen LogP contribution is -2.38. The van der Waals surface area contributed by atoms with Gasteiger partial charge in [-0.3, -0.25) is 4.79 Å². The van der Waals surface area contributed by atoms with Crippen LogP contribution in [-0.4, -0.2) is 25.2 Å². The molecule has 0 saturated heterocycles. The standard InChI is InChI=1S/C23H31NO3/c1-6-18-11-7-9-13-20(18)27-17(2)22(25)24-15-16-26-21-14-10-8-12-19(21)23(3,4)5/h7-14,17H,6,15-16H2,1-5H3,(H,24,25). The molecule has 27 heavy (non-hydrogen) atoms. The van der Waals surface area contributed by atoms with Gasteiger partial charge in [-0.1, -0.05) is 64.1 Å². The summed E-state index contributed by atoms with van der Waals surface area (Å²) < 4.78 is 11.7. The first kappa shape index (κ1) is 20.8. The molecule has 1 N–H and O–H groups in total. The summed E-state index contributed by atoms with van der Waals surface area (Å²) in [5.41, 5.74) is 2.26. The Morgan fingerprint density at radius 3 is 2.33 bits per heavy atom. The number of rotatable bonds is 8. The van der Waals surface area contributed by atoms with Crippen molar-refractivity contribution in [2.24, 2.45) is 0 Å². The van der Waals surface area contributed by atoms with Crippen LogP contribution in [0.25, 0.3) is 0 Å². The van der Waals surface area contributed by atoms with Gasteiger partial charge in [0.1, 0.15) is 18.1 Å². The van der Waals surface area contributed by atoms with Crippen molar-refractivity contribution in [1.82, 2.24) is 5.32 Å². The van der Waals surface area contributed by atoms with Crippen LogP contribution in [0.2, 0.25) is 0 Å². The maximum absolute atomic E-state index is 12.3. The number of ether oxygens (including phenoxy) is 2. The number of hydrogen-bond acceptors (Lipinski definition) is 3. The molecule has 4 nitrogen and oxygen atoms in total. The smallest absolute Gasteiger partial charge is 0.260 e. The molecule has 2 aromatic rings. The van der Waals surface area contributed by atoms with Crippen molar-refractivity contribution in [3.05, 3.63) is 59.7 Å². The Kier molecular flexibility index (Phi) is 7.28. The minimum Gasteiger partial charge on any atom is -0.491 e. The molecule has 1 amide bonds. The van der Waals surface area contributed by atoms with Gasteiger partial charge in [-0.05, 0) is 42.0 Å². The van der Waals surface area contributed by atoms with Crippen molar-refractivity contribution in [1.29, 1.82) is 0 Å². The molecular weight excluding hydrogens is 338 g/mol. The Balaban J connectivity index is 1.83. The van der Waals surface area contributed by atoms with Crippen molar-refractivity contribution >= 4 is 5.91 Å². The molecule has 0 radical (unpaired) electrons. The number of nitrogens with one attached hydrogen (secondary N) is 1. The van der Waals surface area contributed by atoms with E-state index in [-0.39, 0.29) is 11.3 Å². The third kappa shape index (κ3) is 6.02. The average Bonchev–Trinajstić information content (AvgIpc) is 2.65. The quantitative estimate of drug-likeness (QED) is 0.697. The van der Waals surface area contributed by atoms with E-state index in [9.17, 15) is 4.79 Å². The molecule has 0 fully saturated rings. The second-order valence-corrected chi connectivity index (χ2v) is 7.61. The molecule has 0 aliphatic carbocycles. The zero-order valence-corrected chi connectivity index (χ0v) is 17.0. The first-order valence-corrected chi connectivity index (χ1v) is 9.57. The molecular formula is C23H31NO3. The molecule has 2 aromatic carbocycles. The van der Waals surface area contributed by atoms with E-state index in [1.165, 1.54) is 0 Å². The van der Waals surface area contributed by atoms with Gasteiger partial charge in [0.2, 0.25) is 0 Å². The van der Waals surface area contributed by atoms with E-state index in [1.54, 1.807) is 6.92 Å². The number of hydrogen-bond donors (Lipinski definition) is 1. The second kappa shape index (κ2) is 9.45. The van der Waals surface area contributed by atoms with E-state index >= 15 is 0 Å². The van der Waals surface area contributed by atoms with Crippen LogP contribution in [0.5, 0.6) is 11.5 Å². The van der Waals surface area contributed by atoms with E-state index in [0.717, 1.165) is 29.0 Å². The fourth-order valence-corrected chi connectivity index (χ4v) is 2.85. The molecule has 0 aromatic heterocycles. The van der Waals surface area contributed by atoms with Gasteiger partial charge in [-0.15, -0.1) is 0 Å². The Morgan fingerprint density at radius 2 is 1.67 bits per heavy atom. The van der Waals surface area contributed by atoms with E-state index < -0.39 is 6.10 Å². The predicted octanol–water partition coefficient (Wildman–Crippen LogP) is 4.51. The minimum absolute atomic E-state index is 0.00879. The Bertz CT molecular complexity index is 749. The van der Waals surface area contributed by atoms with Gasteiger partial charge >= 0.3 is 0 Å². The molecule has 0 aliphatic rings. The van der Waals surface area contributed by atoms with Crippen molar-refractivity contribution in [2.45, 2.75) is 52.6 Å². The summed E-state index contributed by atoms with van der Waals surface area (Å²) in [5.74, 6) is 1.48. The summed E-state index contributed by atoms with van der Waals surface area (Å²) in [7, 11) is 0. The molecule has 0 aliphatic heterocycles. The largest absolute Gasteiger partial charge is 0.491 e. The maximum Gasteiger partial charge on any atom is 0.260 e. The molecule has 0 bridgehead atoms. The summed E-state index contributed by atoms with van der Waals surface area (Å²) in [6.45, 7) is 11.1. The SMILES string of the molecule is CCc1ccccc1OC(C)C(=O)NCCOc1ccccc1C(C)(C)C. The predicted molar refractivity (Wildman–Crippen MR) is 110 cm³/mol. The Labute approximate surface area is 162 Å². The summed E-state index contributed by atoms with van der Waals surface area (Å²) in [5, 5.41) is 2.88. The Morgan fingerprint density at radius 1 is 1.04 bits per heavy atom. The van der Waals surface area contributed by atoms with Crippen LogP contribution in [0.1, 0.15) is 45.7 Å². The highest BCUT2D eigenvalue weighted by Gasteiger charge is 2.19. The molecule has 0 spiro atoms. The van der Waals surface area contributed by atoms with Crippen LogP contribution >= 0.6 is 0 Å². The molecule has 1 atom stereocenters.